The van der Waals surface area contributed by atoms with Crippen molar-refractivity contribution in [3.63, 3.8) is 0 Å². The highest BCUT2D eigenvalue weighted by atomic mass is 32.1. The number of aromatic nitrogens is 1. The van der Waals surface area contributed by atoms with Crippen molar-refractivity contribution in [2.75, 3.05) is 6.61 Å². The van der Waals surface area contributed by atoms with E-state index < -0.39 is 0 Å². The molecule has 3 nitrogen and oxygen atoms in total. The van der Waals surface area contributed by atoms with Crippen LogP contribution >= 0.6 is 11.3 Å². The van der Waals surface area contributed by atoms with Gasteiger partial charge in [0.05, 0.1) is 16.8 Å². The molecule has 0 aliphatic rings. The second-order valence-corrected chi connectivity index (χ2v) is 4.06. The van der Waals surface area contributed by atoms with E-state index in [1.54, 1.807) is 0 Å². The van der Waals surface area contributed by atoms with Gasteiger partial charge < -0.3 is 9.30 Å². The van der Waals surface area contributed by atoms with Crippen LogP contribution < -0.4 is 9.54 Å². The summed E-state index contributed by atoms with van der Waals surface area (Å²) in [4.78, 5) is 0.564. The maximum atomic E-state index is 7.66. The number of rotatable bonds is 2. The van der Waals surface area contributed by atoms with Crippen LogP contribution in [0.25, 0.3) is 10.2 Å². The minimum absolute atomic E-state index is 0.564. The molecule has 0 unspecified atom stereocenters. The molecule has 0 aliphatic heterocycles. The van der Waals surface area contributed by atoms with E-state index in [9.17, 15) is 0 Å². The molecular weight excluding hydrogens is 196 g/mol. The third-order valence-electron chi connectivity index (χ3n) is 2.11. The van der Waals surface area contributed by atoms with Gasteiger partial charge in [0.2, 0.25) is 0 Å². The highest BCUT2D eigenvalue weighted by Crippen LogP contribution is 2.22. The van der Waals surface area contributed by atoms with Crippen molar-refractivity contribution >= 4 is 21.6 Å². The second-order valence-electron chi connectivity index (χ2n) is 3.03. The van der Waals surface area contributed by atoms with Crippen molar-refractivity contribution in [2.24, 2.45) is 7.05 Å². The Kier molecular flexibility index (Phi) is 2.29. The van der Waals surface area contributed by atoms with Crippen molar-refractivity contribution in [1.29, 1.82) is 5.41 Å². The summed E-state index contributed by atoms with van der Waals surface area (Å²) in [5, 5.41) is 7.66. The Hall–Kier alpha value is -1.29. The number of nitrogens with zero attached hydrogens (tertiary/aromatic N) is 1. The summed E-state index contributed by atoms with van der Waals surface area (Å²) < 4.78 is 8.37. The number of benzene rings is 1. The minimum atomic E-state index is 0.564. The molecule has 1 aromatic carbocycles. The summed E-state index contributed by atoms with van der Waals surface area (Å²) in [5.74, 6) is 0.877. The molecule has 0 saturated carbocycles. The molecule has 2 rings (SSSR count). The largest absolute Gasteiger partial charge is 0.494 e. The quantitative estimate of drug-likeness (QED) is 0.806. The molecule has 1 N–H and O–H groups in total. The number of hydrogen-bond donors (Lipinski definition) is 1. The Labute approximate surface area is 86.1 Å². The zero-order chi connectivity index (χ0) is 10.1. The van der Waals surface area contributed by atoms with Crippen molar-refractivity contribution in [3.8, 4) is 5.75 Å². The SMILES string of the molecule is CCOc1ccc2c(c1)sc(=N)n2C. The molecule has 0 atom stereocenters. The molecule has 0 fully saturated rings. The van der Waals surface area contributed by atoms with Crippen LogP contribution in [0, 0.1) is 5.41 Å². The van der Waals surface area contributed by atoms with Crippen LogP contribution in [0.5, 0.6) is 5.75 Å². The number of nitrogens with one attached hydrogen (secondary N) is 1. The van der Waals surface area contributed by atoms with Crippen molar-refractivity contribution < 1.29 is 4.74 Å². The van der Waals surface area contributed by atoms with Gasteiger partial charge >= 0.3 is 0 Å². The maximum absolute atomic E-state index is 7.66. The first-order valence-corrected chi connectivity index (χ1v) is 5.31. The molecule has 1 heterocycles. The summed E-state index contributed by atoms with van der Waals surface area (Å²) in [6.07, 6.45) is 0. The summed E-state index contributed by atoms with van der Waals surface area (Å²) in [6.45, 7) is 2.64. The maximum Gasteiger partial charge on any atom is 0.182 e. The van der Waals surface area contributed by atoms with E-state index in [0.29, 0.717) is 11.4 Å². The van der Waals surface area contributed by atoms with E-state index in [0.717, 1.165) is 16.0 Å². The standard InChI is InChI=1S/C10H12N2OS/c1-3-13-7-4-5-8-9(6-7)14-10(11)12(8)2/h4-6,11H,3H2,1-2H3. The minimum Gasteiger partial charge on any atom is -0.494 e. The predicted octanol–water partition coefficient (Wildman–Crippen LogP) is 2.12. The van der Waals surface area contributed by atoms with Crippen LogP contribution in [0.2, 0.25) is 0 Å². The number of hydrogen-bond acceptors (Lipinski definition) is 3. The lowest BCUT2D eigenvalue weighted by molar-refractivity contribution is 0.341. The van der Waals surface area contributed by atoms with Gasteiger partial charge in [0, 0.05) is 7.05 Å². The fraction of sp³-hybridized carbons (Fsp3) is 0.300. The third-order valence-corrected chi connectivity index (χ3v) is 3.13. The molecule has 2 aromatic rings. The van der Waals surface area contributed by atoms with Gasteiger partial charge in [-0.25, -0.2) is 0 Å². The zero-order valence-electron chi connectivity index (χ0n) is 8.20. The third kappa shape index (κ3) is 1.42. The average molecular weight is 208 g/mol. The monoisotopic (exact) mass is 208 g/mol. The molecule has 74 valence electrons. The van der Waals surface area contributed by atoms with Gasteiger partial charge in [-0.05, 0) is 25.1 Å². The Morgan fingerprint density at radius 2 is 2.29 bits per heavy atom. The molecule has 0 aliphatic carbocycles. The summed E-state index contributed by atoms with van der Waals surface area (Å²) >= 11 is 1.47. The Bertz CT molecular complexity index is 512. The van der Waals surface area contributed by atoms with Gasteiger partial charge in [0.1, 0.15) is 5.75 Å². The van der Waals surface area contributed by atoms with Crippen molar-refractivity contribution in [3.05, 3.63) is 23.0 Å². The van der Waals surface area contributed by atoms with Gasteiger partial charge in [0.15, 0.2) is 4.80 Å². The van der Waals surface area contributed by atoms with Crippen molar-refractivity contribution in [2.45, 2.75) is 6.92 Å². The van der Waals surface area contributed by atoms with Crippen LogP contribution in [0.1, 0.15) is 6.92 Å². The second kappa shape index (κ2) is 3.46. The molecule has 0 radical (unpaired) electrons. The number of thiazole rings is 1. The van der Waals surface area contributed by atoms with Gasteiger partial charge in [0.25, 0.3) is 0 Å². The fourth-order valence-corrected chi connectivity index (χ4v) is 2.32. The number of fused-ring (bicyclic) bond motifs is 1. The lowest BCUT2D eigenvalue weighted by atomic mass is 10.3. The highest BCUT2D eigenvalue weighted by Gasteiger charge is 2.02. The average Bonchev–Trinajstić information content (AvgIpc) is 2.43. The molecule has 14 heavy (non-hydrogen) atoms. The van der Waals surface area contributed by atoms with Gasteiger partial charge in [-0.15, -0.1) is 0 Å². The van der Waals surface area contributed by atoms with Gasteiger partial charge in [-0.2, -0.15) is 0 Å². The normalized spacial score (nSPS) is 10.7. The van der Waals surface area contributed by atoms with E-state index in [4.69, 9.17) is 10.1 Å². The lowest BCUT2D eigenvalue weighted by Gasteiger charge is -2.02. The molecule has 0 spiro atoms. The van der Waals surface area contributed by atoms with Gasteiger partial charge in [-0.1, -0.05) is 11.3 Å². The fourth-order valence-electron chi connectivity index (χ4n) is 1.39. The highest BCUT2D eigenvalue weighted by molar-refractivity contribution is 7.16. The number of ether oxygens (including phenoxy) is 1. The van der Waals surface area contributed by atoms with E-state index in [2.05, 4.69) is 0 Å². The molecule has 0 saturated heterocycles. The van der Waals surface area contributed by atoms with Crippen LogP contribution in [-0.4, -0.2) is 11.2 Å². The first kappa shape index (κ1) is 9.27. The first-order chi connectivity index (χ1) is 6.72. The smallest absolute Gasteiger partial charge is 0.182 e. The van der Waals surface area contributed by atoms with E-state index in [1.807, 2.05) is 36.7 Å². The van der Waals surface area contributed by atoms with Crippen LogP contribution in [-0.2, 0) is 7.05 Å². The van der Waals surface area contributed by atoms with Crippen molar-refractivity contribution in [1.82, 2.24) is 4.57 Å². The molecule has 4 heteroatoms. The Morgan fingerprint density at radius 1 is 1.50 bits per heavy atom. The Balaban J connectivity index is 2.61. The lowest BCUT2D eigenvalue weighted by Crippen LogP contribution is -2.06. The molecule has 0 amide bonds. The summed E-state index contributed by atoms with van der Waals surface area (Å²) in [5.41, 5.74) is 1.09. The van der Waals surface area contributed by atoms with E-state index in [-0.39, 0.29) is 0 Å². The zero-order valence-corrected chi connectivity index (χ0v) is 9.02. The van der Waals surface area contributed by atoms with Gasteiger partial charge in [-0.3, -0.25) is 5.41 Å². The van der Waals surface area contributed by atoms with E-state index in [1.165, 1.54) is 11.3 Å². The Morgan fingerprint density at radius 3 is 3.00 bits per heavy atom. The molecular formula is C10H12N2OS. The summed E-state index contributed by atoms with van der Waals surface area (Å²) in [7, 11) is 1.90. The molecule has 1 aromatic heterocycles. The van der Waals surface area contributed by atoms with E-state index >= 15 is 0 Å². The van der Waals surface area contributed by atoms with Crippen LogP contribution in [0.15, 0.2) is 18.2 Å². The topological polar surface area (TPSA) is 38.0 Å². The van der Waals surface area contributed by atoms with Crippen LogP contribution in [0.3, 0.4) is 0 Å². The molecule has 0 bridgehead atoms. The predicted molar refractivity (Wildman–Crippen MR) is 57.8 cm³/mol. The van der Waals surface area contributed by atoms with Crippen LogP contribution in [0.4, 0.5) is 0 Å². The summed E-state index contributed by atoms with van der Waals surface area (Å²) in [6, 6.07) is 5.92. The first-order valence-electron chi connectivity index (χ1n) is 4.49. The number of aryl methyl sites for hydroxylation is 1.